The SMILES string of the molecule is O=C1Nc2ccc(Cl)cc2NC(=O)/C1=C/NCc1ccncc1. The van der Waals surface area contributed by atoms with Crippen LogP contribution in [0.2, 0.25) is 5.02 Å². The first-order valence-corrected chi connectivity index (χ1v) is 7.26. The number of rotatable bonds is 3. The first-order valence-electron chi connectivity index (χ1n) is 6.88. The van der Waals surface area contributed by atoms with E-state index in [1.807, 2.05) is 12.1 Å². The molecule has 0 saturated carbocycles. The van der Waals surface area contributed by atoms with Crippen LogP contribution >= 0.6 is 11.6 Å². The van der Waals surface area contributed by atoms with E-state index in [4.69, 9.17) is 11.6 Å². The summed E-state index contributed by atoms with van der Waals surface area (Å²) in [5, 5.41) is 8.78. The predicted octanol–water partition coefficient (Wildman–Crippen LogP) is 2.30. The van der Waals surface area contributed by atoms with E-state index in [1.54, 1.807) is 30.6 Å². The highest BCUT2D eigenvalue weighted by Crippen LogP contribution is 2.28. The molecule has 1 aromatic heterocycles. The van der Waals surface area contributed by atoms with E-state index >= 15 is 0 Å². The molecule has 2 aromatic rings. The number of hydrogen-bond donors (Lipinski definition) is 3. The average Bonchev–Trinajstić information content (AvgIpc) is 2.65. The summed E-state index contributed by atoms with van der Waals surface area (Å²) in [7, 11) is 0. The molecule has 23 heavy (non-hydrogen) atoms. The van der Waals surface area contributed by atoms with Gasteiger partial charge in [-0.1, -0.05) is 11.6 Å². The zero-order chi connectivity index (χ0) is 16.2. The van der Waals surface area contributed by atoms with E-state index in [-0.39, 0.29) is 5.57 Å². The van der Waals surface area contributed by atoms with Crippen molar-refractivity contribution in [3.05, 3.63) is 65.1 Å². The van der Waals surface area contributed by atoms with Crippen molar-refractivity contribution >= 4 is 34.8 Å². The molecular weight excluding hydrogens is 316 g/mol. The number of nitrogens with zero attached hydrogens (tertiary/aromatic N) is 1. The van der Waals surface area contributed by atoms with Gasteiger partial charge in [-0.15, -0.1) is 0 Å². The molecule has 1 aromatic carbocycles. The molecule has 3 N–H and O–H groups in total. The third kappa shape index (κ3) is 3.49. The van der Waals surface area contributed by atoms with Crippen LogP contribution in [0.1, 0.15) is 5.56 Å². The van der Waals surface area contributed by atoms with E-state index in [2.05, 4.69) is 20.9 Å². The van der Waals surface area contributed by atoms with Gasteiger partial charge in [-0.2, -0.15) is 0 Å². The summed E-state index contributed by atoms with van der Waals surface area (Å²) < 4.78 is 0. The quantitative estimate of drug-likeness (QED) is 0.596. The first-order chi connectivity index (χ1) is 11.1. The smallest absolute Gasteiger partial charge is 0.262 e. The van der Waals surface area contributed by atoms with Crippen LogP contribution in [0.25, 0.3) is 0 Å². The number of fused-ring (bicyclic) bond motifs is 1. The molecule has 0 bridgehead atoms. The Morgan fingerprint density at radius 1 is 1.04 bits per heavy atom. The van der Waals surface area contributed by atoms with Crippen LogP contribution in [0.3, 0.4) is 0 Å². The molecule has 3 rings (SSSR count). The Labute approximate surface area is 137 Å². The number of carbonyl (C=O) groups is 2. The van der Waals surface area contributed by atoms with Gasteiger partial charge in [-0.05, 0) is 35.9 Å². The summed E-state index contributed by atoms with van der Waals surface area (Å²) in [6.45, 7) is 0.478. The molecule has 0 spiro atoms. The highest BCUT2D eigenvalue weighted by Gasteiger charge is 2.24. The van der Waals surface area contributed by atoms with Crippen molar-refractivity contribution in [2.45, 2.75) is 6.54 Å². The Kier molecular flexibility index (Phi) is 4.25. The van der Waals surface area contributed by atoms with Crippen LogP contribution < -0.4 is 16.0 Å². The Hall–Kier alpha value is -2.86. The second-order valence-corrected chi connectivity index (χ2v) is 5.33. The van der Waals surface area contributed by atoms with Crippen molar-refractivity contribution in [1.29, 1.82) is 0 Å². The first kappa shape index (κ1) is 15.1. The minimum Gasteiger partial charge on any atom is -0.386 e. The van der Waals surface area contributed by atoms with Crippen molar-refractivity contribution in [1.82, 2.24) is 10.3 Å². The number of hydrogen-bond acceptors (Lipinski definition) is 4. The normalized spacial score (nSPS) is 15.4. The highest BCUT2D eigenvalue weighted by molar-refractivity contribution is 6.32. The molecule has 0 radical (unpaired) electrons. The van der Waals surface area contributed by atoms with Crippen LogP contribution in [0.5, 0.6) is 0 Å². The van der Waals surface area contributed by atoms with Crippen LogP contribution in [0, 0.1) is 0 Å². The van der Waals surface area contributed by atoms with Gasteiger partial charge in [-0.3, -0.25) is 14.6 Å². The third-order valence-corrected chi connectivity index (χ3v) is 3.50. The number of aromatic nitrogens is 1. The maximum absolute atomic E-state index is 12.2. The lowest BCUT2D eigenvalue weighted by Gasteiger charge is -2.05. The van der Waals surface area contributed by atoms with Gasteiger partial charge in [0.25, 0.3) is 11.8 Å². The molecular formula is C16H13ClN4O2. The van der Waals surface area contributed by atoms with Gasteiger partial charge in [0, 0.05) is 30.2 Å². The van der Waals surface area contributed by atoms with Gasteiger partial charge in [0.05, 0.1) is 11.4 Å². The minimum atomic E-state index is -0.495. The zero-order valence-electron chi connectivity index (χ0n) is 12.0. The molecule has 0 fully saturated rings. The molecule has 0 aliphatic carbocycles. The second kappa shape index (κ2) is 6.50. The fourth-order valence-electron chi connectivity index (χ4n) is 2.11. The number of anilines is 2. The van der Waals surface area contributed by atoms with Crippen LogP contribution in [-0.2, 0) is 16.1 Å². The maximum atomic E-state index is 12.2. The summed E-state index contributed by atoms with van der Waals surface area (Å²) >= 11 is 5.91. The second-order valence-electron chi connectivity index (χ2n) is 4.89. The number of carbonyl (C=O) groups excluding carboxylic acids is 2. The molecule has 116 valence electrons. The van der Waals surface area contributed by atoms with Crippen LogP contribution in [0.15, 0.2) is 54.5 Å². The lowest BCUT2D eigenvalue weighted by molar-refractivity contribution is -0.118. The van der Waals surface area contributed by atoms with Crippen molar-refractivity contribution in [2.75, 3.05) is 10.6 Å². The van der Waals surface area contributed by atoms with Gasteiger partial charge in [0.15, 0.2) is 0 Å². The van der Waals surface area contributed by atoms with Crippen LogP contribution in [-0.4, -0.2) is 16.8 Å². The van der Waals surface area contributed by atoms with E-state index < -0.39 is 11.8 Å². The molecule has 2 amide bonds. The van der Waals surface area contributed by atoms with Gasteiger partial charge in [-0.25, -0.2) is 0 Å². The molecule has 1 aliphatic rings. The van der Waals surface area contributed by atoms with E-state index in [0.29, 0.717) is 22.9 Å². The monoisotopic (exact) mass is 328 g/mol. The number of pyridine rings is 1. The highest BCUT2D eigenvalue weighted by atomic mass is 35.5. The lowest BCUT2D eigenvalue weighted by atomic mass is 10.2. The fraction of sp³-hybridized carbons (Fsp3) is 0.0625. The number of amides is 2. The molecule has 2 heterocycles. The van der Waals surface area contributed by atoms with E-state index in [0.717, 1.165) is 5.56 Å². The molecule has 1 aliphatic heterocycles. The summed E-state index contributed by atoms with van der Waals surface area (Å²) in [5.74, 6) is -0.975. The Morgan fingerprint density at radius 2 is 1.74 bits per heavy atom. The van der Waals surface area contributed by atoms with Gasteiger partial charge >= 0.3 is 0 Å². The summed E-state index contributed by atoms with van der Waals surface area (Å²) in [5.41, 5.74) is 1.95. The van der Waals surface area contributed by atoms with Crippen molar-refractivity contribution < 1.29 is 9.59 Å². The molecule has 7 heteroatoms. The van der Waals surface area contributed by atoms with Gasteiger partial charge in [0.1, 0.15) is 5.57 Å². The summed E-state index contributed by atoms with van der Waals surface area (Å²) in [4.78, 5) is 28.3. The fourth-order valence-corrected chi connectivity index (χ4v) is 2.29. The topological polar surface area (TPSA) is 83.1 Å². The standard InChI is InChI=1S/C16H13ClN4O2/c17-11-1-2-13-14(7-11)21-16(23)12(15(22)20-13)9-19-8-10-3-5-18-6-4-10/h1-7,9,19H,8H2,(H,20,22)(H,21,23)/b12-9+. The Morgan fingerprint density at radius 3 is 2.48 bits per heavy atom. The van der Waals surface area contributed by atoms with Crippen LogP contribution in [0.4, 0.5) is 11.4 Å². The Bertz CT molecular complexity index is 790. The van der Waals surface area contributed by atoms with Gasteiger partial charge < -0.3 is 16.0 Å². The number of benzene rings is 1. The lowest BCUT2D eigenvalue weighted by Crippen LogP contribution is -2.23. The van der Waals surface area contributed by atoms with E-state index in [9.17, 15) is 9.59 Å². The molecule has 6 nitrogen and oxygen atoms in total. The van der Waals surface area contributed by atoms with Crippen molar-refractivity contribution in [3.8, 4) is 0 Å². The van der Waals surface area contributed by atoms with Crippen molar-refractivity contribution in [2.24, 2.45) is 0 Å². The van der Waals surface area contributed by atoms with Crippen molar-refractivity contribution in [3.63, 3.8) is 0 Å². The average molecular weight is 329 g/mol. The maximum Gasteiger partial charge on any atom is 0.262 e. The van der Waals surface area contributed by atoms with E-state index in [1.165, 1.54) is 6.20 Å². The molecule has 0 atom stereocenters. The minimum absolute atomic E-state index is 0.00798. The molecule has 0 saturated heterocycles. The van der Waals surface area contributed by atoms with Gasteiger partial charge in [0.2, 0.25) is 0 Å². The largest absolute Gasteiger partial charge is 0.386 e. The number of halogens is 1. The summed E-state index contributed by atoms with van der Waals surface area (Å²) in [6.07, 6.45) is 4.75. The summed E-state index contributed by atoms with van der Waals surface area (Å²) in [6, 6.07) is 8.56. The molecule has 0 unspecified atom stereocenters. The third-order valence-electron chi connectivity index (χ3n) is 3.27. The predicted molar refractivity (Wildman–Crippen MR) is 87.9 cm³/mol. The zero-order valence-corrected chi connectivity index (χ0v) is 12.7. The Balaban J connectivity index is 1.77. The number of nitrogens with one attached hydrogen (secondary N) is 3.